The largest absolute Gasteiger partial charge is 0.126 e. The third-order valence-electron chi connectivity index (χ3n) is 2.36. The van der Waals surface area contributed by atoms with Crippen LogP contribution in [-0.4, -0.2) is 5.75 Å². The first-order valence-electron chi connectivity index (χ1n) is 5.01. The van der Waals surface area contributed by atoms with Crippen molar-refractivity contribution in [3.63, 3.8) is 0 Å². The van der Waals surface area contributed by atoms with E-state index in [1.54, 1.807) is 0 Å². The van der Waals surface area contributed by atoms with Crippen LogP contribution in [-0.2, 0) is 0 Å². The molecular weight excluding hydrogens is 176 g/mol. The average Bonchev–Trinajstić information content (AvgIpc) is 2.18. The third-order valence-corrected chi connectivity index (χ3v) is 3.33. The molecule has 0 aliphatic carbocycles. The van der Waals surface area contributed by atoms with Crippen molar-refractivity contribution in [1.29, 1.82) is 0 Å². The van der Waals surface area contributed by atoms with Gasteiger partial charge in [0.05, 0.1) is 0 Å². The highest BCUT2D eigenvalue weighted by Crippen LogP contribution is 2.29. The first kappa shape index (κ1) is 10.6. The van der Waals surface area contributed by atoms with Gasteiger partial charge in [0.25, 0.3) is 0 Å². The highest BCUT2D eigenvalue weighted by Gasteiger charge is 2.07. The molecule has 13 heavy (non-hydrogen) atoms. The predicted octanol–water partition coefficient (Wildman–Crippen LogP) is 4.31. The van der Waals surface area contributed by atoms with Crippen molar-refractivity contribution < 1.29 is 0 Å². The summed E-state index contributed by atoms with van der Waals surface area (Å²) in [5.74, 6) is 1.85. The van der Waals surface area contributed by atoms with Crippen LogP contribution in [0.3, 0.4) is 0 Å². The lowest BCUT2D eigenvalue weighted by atomic mass is 9.99. The molecule has 1 aromatic carbocycles. The van der Waals surface area contributed by atoms with E-state index in [1.807, 2.05) is 11.8 Å². The summed E-state index contributed by atoms with van der Waals surface area (Å²) >= 11 is 1.95. The van der Waals surface area contributed by atoms with Gasteiger partial charge >= 0.3 is 0 Å². The van der Waals surface area contributed by atoms with E-state index in [1.165, 1.54) is 16.9 Å². The van der Waals surface area contributed by atoms with Gasteiger partial charge in [0.2, 0.25) is 0 Å². The molecule has 1 atom stereocenters. The Kier molecular flexibility index (Phi) is 4.37. The van der Waals surface area contributed by atoms with Crippen molar-refractivity contribution in [2.45, 2.75) is 38.0 Å². The number of benzene rings is 1. The van der Waals surface area contributed by atoms with E-state index in [9.17, 15) is 0 Å². The molecule has 0 aromatic heterocycles. The second-order valence-electron chi connectivity index (χ2n) is 3.28. The van der Waals surface area contributed by atoms with Crippen molar-refractivity contribution in [1.82, 2.24) is 0 Å². The highest BCUT2D eigenvalue weighted by molar-refractivity contribution is 7.99. The minimum Gasteiger partial charge on any atom is -0.126 e. The summed E-state index contributed by atoms with van der Waals surface area (Å²) in [6.45, 7) is 6.76. The van der Waals surface area contributed by atoms with Crippen LogP contribution in [0, 0.1) is 0 Å². The molecule has 0 aliphatic heterocycles. The van der Waals surface area contributed by atoms with Gasteiger partial charge in [-0.25, -0.2) is 0 Å². The van der Waals surface area contributed by atoms with Crippen LogP contribution in [0.25, 0.3) is 0 Å². The third kappa shape index (κ3) is 2.77. The van der Waals surface area contributed by atoms with Crippen LogP contribution in [0.15, 0.2) is 29.2 Å². The monoisotopic (exact) mass is 194 g/mol. The Morgan fingerprint density at radius 3 is 2.54 bits per heavy atom. The van der Waals surface area contributed by atoms with E-state index in [2.05, 4.69) is 45.0 Å². The molecule has 0 bridgehead atoms. The molecule has 0 heterocycles. The van der Waals surface area contributed by atoms with Crippen molar-refractivity contribution in [3.05, 3.63) is 29.8 Å². The fourth-order valence-electron chi connectivity index (χ4n) is 1.39. The zero-order valence-electron chi connectivity index (χ0n) is 8.71. The predicted molar refractivity (Wildman–Crippen MR) is 61.5 cm³/mol. The Balaban J connectivity index is 2.90. The topological polar surface area (TPSA) is 0 Å². The van der Waals surface area contributed by atoms with Gasteiger partial charge in [-0.05, 0) is 29.7 Å². The molecule has 72 valence electrons. The summed E-state index contributed by atoms with van der Waals surface area (Å²) in [6, 6.07) is 8.76. The zero-order valence-corrected chi connectivity index (χ0v) is 9.53. The van der Waals surface area contributed by atoms with E-state index in [0.717, 1.165) is 5.75 Å². The SMILES string of the molecule is CCSc1ccccc1C(C)CC. The first-order chi connectivity index (χ1) is 6.29. The van der Waals surface area contributed by atoms with Crippen LogP contribution < -0.4 is 0 Å². The van der Waals surface area contributed by atoms with Gasteiger partial charge in [0.1, 0.15) is 0 Å². The molecule has 1 unspecified atom stereocenters. The second kappa shape index (κ2) is 5.33. The number of hydrogen-bond donors (Lipinski definition) is 0. The van der Waals surface area contributed by atoms with Crippen molar-refractivity contribution in [2.75, 3.05) is 5.75 Å². The lowest BCUT2D eigenvalue weighted by Gasteiger charge is -2.13. The van der Waals surface area contributed by atoms with E-state index < -0.39 is 0 Å². The van der Waals surface area contributed by atoms with Crippen LogP contribution in [0.5, 0.6) is 0 Å². The molecule has 1 rings (SSSR count). The average molecular weight is 194 g/mol. The molecule has 0 fully saturated rings. The van der Waals surface area contributed by atoms with Crippen LogP contribution in [0.1, 0.15) is 38.7 Å². The number of hydrogen-bond acceptors (Lipinski definition) is 1. The van der Waals surface area contributed by atoms with Gasteiger partial charge < -0.3 is 0 Å². The van der Waals surface area contributed by atoms with E-state index >= 15 is 0 Å². The standard InChI is InChI=1S/C12H18S/c1-4-10(3)11-8-6-7-9-12(11)13-5-2/h6-10H,4-5H2,1-3H3. The summed E-state index contributed by atoms with van der Waals surface area (Å²) < 4.78 is 0. The molecule has 0 nitrogen and oxygen atoms in total. The minimum atomic E-state index is 0.690. The maximum atomic E-state index is 2.30. The molecule has 0 N–H and O–H groups in total. The van der Waals surface area contributed by atoms with Gasteiger partial charge in [-0.2, -0.15) is 0 Å². The first-order valence-corrected chi connectivity index (χ1v) is 5.99. The minimum absolute atomic E-state index is 0.690. The van der Waals surface area contributed by atoms with Gasteiger partial charge in [-0.3, -0.25) is 0 Å². The van der Waals surface area contributed by atoms with Gasteiger partial charge in [-0.15, -0.1) is 11.8 Å². The Hall–Kier alpha value is -0.430. The molecule has 0 saturated carbocycles. The summed E-state index contributed by atoms with van der Waals surface area (Å²) in [4.78, 5) is 1.46. The molecule has 0 radical (unpaired) electrons. The Bertz CT molecular complexity index is 255. The Morgan fingerprint density at radius 1 is 1.23 bits per heavy atom. The lowest BCUT2D eigenvalue weighted by Crippen LogP contribution is -1.93. The second-order valence-corrected chi connectivity index (χ2v) is 4.59. The summed E-state index contributed by atoms with van der Waals surface area (Å²) in [7, 11) is 0. The fourth-order valence-corrected chi connectivity index (χ4v) is 2.32. The molecule has 1 aromatic rings. The fraction of sp³-hybridized carbons (Fsp3) is 0.500. The van der Waals surface area contributed by atoms with E-state index in [4.69, 9.17) is 0 Å². The normalized spacial score (nSPS) is 12.8. The van der Waals surface area contributed by atoms with E-state index in [-0.39, 0.29) is 0 Å². The van der Waals surface area contributed by atoms with Crippen molar-refractivity contribution >= 4 is 11.8 Å². The quantitative estimate of drug-likeness (QED) is 0.643. The lowest BCUT2D eigenvalue weighted by molar-refractivity contribution is 0.719. The number of rotatable bonds is 4. The zero-order chi connectivity index (χ0) is 9.68. The van der Waals surface area contributed by atoms with Crippen LogP contribution in [0.2, 0.25) is 0 Å². The molecule has 0 aliphatic rings. The molecular formula is C12H18S. The molecule has 0 amide bonds. The molecule has 1 heteroatoms. The van der Waals surface area contributed by atoms with Crippen LogP contribution in [0.4, 0.5) is 0 Å². The summed E-state index contributed by atoms with van der Waals surface area (Å²) in [5.41, 5.74) is 1.51. The highest BCUT2D eigenvalue weighted by atomic mass is 32.2. The summed E-state index contributed by atoms with van der Waals surface area (Å²) in [6.07, 6.45) is 1.22. The van der Waals surface area contributed by atoms with Gasteiger partial charge in [-0.1, -0.05) is 39.0 Å². The summed E-state index contributed by atoms with van der Waals surface area (Å²) in [5, 5.41) is 0. The number of thioether (sulfide) groups is 1. The Labute approximate surface area is 85.7 Å². The Morgan fingerprint density at radius 2 is 1.92 bits per heavy atom. The van der Waals surface area contributed by atoms with E-state index in [0.29, 0.717) is 5.92 Å². The molecule has 0 saturated heterocycles. The smallest absolute Gasteiger partial charge is 0.0107 e. The van der Waals surface area contributed by atoms with Crippen molar-refractivity contribution in [2.24, 2.45) is 0 Å². The van der Waals surface area contributed by atoms with Crippen LogP contribution >= 0.6 is 11.8 Å². The van der Waals surface area contributed by atoms with Gasteiger partial charge in [0.15, 0.2) is 0 Å². The molecule has 0 spiro atoms. The van der Waals surface area contributed by atoms with Gasteiger partial charge in [0, 0.05) is 4.90 Å². The van der Waals surface area contributed by atoms with Crippen molar-refractivity contribution in [3.8, 4) is 0 Å². The maximum absolute atomic E-state index is 2.30. The maximum Gasteiger partial charge on any atom is 0.0107 e.